The maximum atomic E-state index is 14.0. The van der Waals surface area contributed by atoms with Crippen LogP contribution in [0.5, 0.6) is 0 Å². The van der Waals surface area contributed by atoms with Gasteiger partial charge in [0.2, 0.25) is 15.9 Å². The number of sulfonamides is 1. The van der Waals surface area contributed by atoms with Gasteiger partial charge >= 0.3 is 0 Å². The van der Waals surface area contributed by atoms with Crippen LogP contribution < -0.4 is 0 Å². The minimum absolute atomic E-state index is 0.00771. The summed E-state index contributed by atoms with van der Waals surface area (Å²) in [4.78, 5) is 13.4. The Morgan fingerprint density at radius 3 is 2.25 bits per heavy atom. The Hall–Kier alpha value is -2.33. The van der Waals surface area contributed by atoms with Gasteiger partial charge in [-0.2, -0.15) is 9.40 Å². The van der Waals surface area contributed by atoms with E-state index in [-0.39, 0.29) is 32.1 Å². The average molecular weight is 469 g/mol. The van der Waals surface area contributed by atoms with Crippen LogP contribution in [0.1, 0.15) is 37.2 Å². The summed E-state index contributed by atoms with van der Waals surface area (Å²) in [6.45, 7) is 9.36. The Morgan fingerprint density at radius 1 is 1.09 bits per heavy atom. The Labute approximate surface area is 188 Å². The molecule has 10 heteroatoms. The summed E-state index contributed by atoms with van der Waals surface area (Å²) in [5.74, 6) is -1.85. The minimum atomic E-state index is -4.31. The molecule has 0 spiro atoms. The van der Waals surface area contributed by atoms with Crippen molar-refractivity contribution in [2.45, 2.75) is 52.0 Å². The van der Waals surface area contributed by atoms with Gasteiger partial charge in [-0.1, -0.05) is 19.9 Å². The zero-order valence-electron chi connectivity index (χ0n) is 18.9. The summed E-state index contributed by atoms with van der Waals surface area (Å²) in [6.07, 6.45) is 0.858. The number of rotatable bonds is 7. The molecule has 1 fully saturated rings. The number of halogens is 2. The smallest absolute Gasteiger partial charge is 0.249 e. The fourth-order valence-electron chi connectivity index (χ4n) is 4.05. The zero-order valence-corrected chi connectivity index (χ0v) is 19.8. The summed E-state index contributed by atoms with van der Waals surface area (Å²) in [7, 11) is -4.31. The molecule has 1 aromatic heterocycles. The summed E-state index contributed by atoms with van der Waals surface area (Å²) >= 11 is 0. The van der Waals surface area contributed by atoms with Crippen molar-refractivity contribution in [2.24, 2.45) is 5.92 Å². The average Bonchev–Trinajstić information content (AvgIpc) is 2.98. The minimum Gasteiger partial charge on any atom is -0.340 e. The molecule has 176 valence electrons. The third kappa shape index (κ3) is 5.01. The Bertz CT molecular complexity index is 1070. The molecule has 2 aromatic rings. The van der Waals surface area contributed by atoms with Crippen LogP contribution in [0.3, 0.4) is 0 Å². The lowest BCUT2D eigenvalue weighted by Crippen LogP contribution is -2.50. The van der Waals surface area contributed by atoms with Crippen molar-refractivity contribution in [3.05, 3.63) is 46.8 Å². The van der Waals surface area contributed by atoms with E-state index in [1.165, 1.54) is 0 Å². The van der Waals surface area contributed by atoms with E-state index in [0.717, 1.165) is 46.0 Å². The molecule has 1 aromatic carbocycles. The fourth-order valence-corrected chi connectivity index (χ4v) is 5.58. The molecule has 1 amide bonds. The summed E-state index contributed by atoms with van der Waals surface area (Å²) < 4.78 is 56.4. The monoisotopic (exact) mass is 468 g/mol. The number of aromatic nitrogens is 2. The van der Waals surface area contributed by atoms with Crippen LogP contribution in [0.15, 0.2) is 23.1 Å². The predicted octanol–water partition coefficient (Wildman–Crippen LogP) is 2.90. The van der Waals surface area contributed by atoms with Crippen LogP contribution >= 0.6 is 0 Å². The second-order valence-electron chi connectivity index (χ2n) is 8.56. The number of carbonyl (C=O) groups excluding carboxylic acids is 1. The number of nitrogens with zero attached hydrogens (tertiary/aromatic N) is 4. The third-order valence-electron chi connectivity index (χ3n) is 5.77. The van der Waals surface area contributed by atoms with Gasteiger partial charge in [0.1, 0.15) is 11.6 Å². The Kier molecular flexibility index (Phi) is 7.34. The van der Waals surface area contributed by atoms with Gasteiger partial charge in [-0.25, -0.2) is 17.2 Å². The first-order chi connectivity index (χ1) is 15.0. The van der Waals surface area contributed by atoms with Crippen molar-refractivity contribution >= 4 is 15.9 Å². The van der Waals surface area contributed by atoms with Crippen molar-refractivity contribution < 1.29 is 22.0 Å². The quantitative estimate of drug-likeness (QED) is 0.626. The highest BCUT2D eigenvalue weighted by Gasteiger charge is 2.34. The zero-order chi connectivity index (χ0) is 23.6. The highest BCUT2D eigenvalue weighted by molar-refractivity contribution is 7.89. The van der Waals surface area contributed by atoms with Gasteiger partial charge in [-0.3, -0.25) is 9.48 Å². The number of carbonyl (C=O) groups is 1. The first kappa shape index (κ1) is 24.3. The second kappa shape index (κ2) is 9.66. The van der Waals surface area contributed by atoms with Gasteiger partial charge in [0, 0.05) is 44.8 Å². The van der Waals surface area contributed by atoms with Crippen molar-refractivity contribution in [1.29, 1.82) is 0 Å². The fraction of sp³-hybridized carbons (Fsp3) is 0.545. The van der Waals surface area contributed by atoms with Crippen LogP contribution in [0.2, 0.25) is 0 Å². The third-order valence-corrected chi connectivity index (χ3v) is 7.72. The van der Waals surface area contributed by atoms with Crippen molar-refractivity contribution in [2.75, 3.05) is 26.2 Å². The molecule has 0 saturated carbocycles. The van der Waals surface area contributed by atoms with E-state index in [4.69, 9.17) is 0 Å². The molecular formula is C22H30F2N4O3S. The number of hydrogen-bond donors (Lipinski definition) is 0. The van der Waals surface area contributed by atoms with Gasteiger partial charge in [-0.15, -0.1) is 0 Å². The van der Waals surface area contributed by atoms with Gasteiger partial charge < -0.3 is 4.90 Å². The summed E-state index contributed by atoms with van der Waals surface area (Å²) in [6, 6.07) is 2.96. The van der Waals surface area contributed by atoms with Crippen molar-refractivity contribution in [3.8, 4) is 0 Å². The molecule has 0 unspecified atom stereocenters. The van der Waals surface area contributed by atoms with E-state index >= 15 is 0 Å². The van der Waals surface area contributed by atoms with Crippen LogP contribution in [0.25, 0.3) is 0 Å². The number of benzene rings is 1. The van der Waals surface area contributed by atoms with E-state index in [1.807, 2.05) is 18.5 Å². The molecular weight excluding hydrogens is 438 g/mol. The largest absolute Gasteiger partial charge is 0.340 e. The van der Waals surface area contributed by atoms with Crippen molar-refractivity contribution in [3.63, 3.8) is 0 Å². The van der Waals surface area contributed by atoms with E-state index in [0.29, 0.717) is 18.8 Å². The Balaban J connectivity index is 1.60. The number of aryl methyl sites for hydroxylation is 1. The lowest BCUT2D eigenvalue weighted by Gasteiger charge is -2.34. The summed E-state index contributed by atoms with van der Waals surface area (Å²) in [5.41, 5.74) is 3.04. The lowest BCUT2D eigenvalue weighted by molar-refractivity contribution is -0.132. The molecule has 7 nitrogen and oxygen atoms in total. The lowest BCUT2D eigenvalue weighted by atomic mass is 10.1. The van der Waals surface area contributed by atoms with E-state index < -0.39 is 26.6 Å². The van der Waals surface area contributed by atoms with E-state index in [9.17, 15) is 22.0 Å². The van der Waals surface area contributed by atoms with Crippen LogP contribution in [-0.2, 0) is 27.8 Å². The topological polar surface area (TPSA) is 75.5 Å². The number of amides is 1. The molecule has 2 heterocycles. The van der Waals surface area contributed by atoms with E-state index in [1.54, 1.807) is 4.90 Å². The maximum Gasteiger partial charge on any atom is 0.249 e. The maximum absolute atomic E-state index is 14.0. The molecule has 32 heavy (non-hydrogen) atoms. The van der Waals surface area contributed by atoms with Crippen molar-refractivity contribution in [1.82, 2.24) is 19.0 Å². The Morgan fingerprint density at radius 2 is 1.69 bits per heavy atom. The van der Waals surface area contributed by atoms with Crippen LogP contribution in [-0.4, -0.2) is 59.5 Å². The highest BCUT2D eigenvalue weighted by atomic mass is 32.2. The standard InChI is InChI=1S/C22H30F2N4O3S/c1-15(2)14-28-17(4)18(16(3)25-28)8-9-21(29)26-10-12-27(13-11-26)32(30,31)22-19(23)6-5-7-20(22)24/h5-7,15H,8-14H2,1-4H3. The predicted molar refractivity (Wildman–Crippen MR) is 117 cm³/mol. The number of hydrogen-bond acceptors (Lipinski definition) is 4. The van der Waals surface area contributed by atoms with Crippen LogP contribution in [0.4, 0.5) is 8.78 Å². The summed E-state index contributed by atoms with van der Waals surface area (Å²) in [5, 5.41) is 4.58. The molecule has 1 aliphatic heterocycles. The number of piperazine rings is 1. The molecule has 1 aliphatic rings. The highest BCUT2D eigenvalue weighted by Crippen LogP contribution is 2.24. The van der Waals surface area contributed by atoms with Gasteiger partial charge in [0.15, 0.2) is 4.90 Å². The van der Waals surface area contributed by atoms with Gasteiger partial charge in [-0.05, 0) is 43.9 Å². The molecule has 0 bridgehead atoms. The molecule has 0 N–H and O–H groups in total. The molecule has 0 atom stereocenters. The molecule has 3 rings (SSSR count). The van der Waals surface area contributed by atoms with E-state index in [2.05, 4.69) is 18.9 Å². The first-order valence-electron chi connectivity index (χ1n) is 10.8. The molecule has 1 saturated heterocycles. The normalized spacial score (nSPS) is 15.5. The SMILES string of the molecule is Cc1nn(CC(C)C)c(C)c1CCC(=O)N1CCN(S(=O)(=O)c2c(F)cccc2F)CC1. The second-order valence-corrected chi connectivity index (χ2v) is 10.4. The molecule has 0 radical (unpaired) electrons. The van der Waals surface area contributed by atoms with Crippen LogP contribution in [0, 0.1) is 31.4 Å². The first-order valence-corrected chi connectivity index (χ1v) is 12.2. The van der Waals surface area contributed by atoms with Gasteiger partial charge in [0.25, 0.3) is 0 Å². The van der Waals surface area contributed by atoms with Gasteiger partial charge in [0.05, 0.1) is 5.69 Å². The molecule has 0 aliphatic carbocycles.